The summed E-state index contributed by atoms with van der Waals surface area (Å²) < 4.78 is 0. The molecule has 9 aromatic rings. The molecule has 244 valence electrons. The van der Waals surface area contributed by atoms with E-state index in [9.17, 15) is 0 Å². The monoisotopic (exact) mass is 666 g/mol. The molecule has 6 aromatic carbocycles. The van der Waals surface area contributed by atoms with E-state index in [1.165, 1.54) is 0 Å². The van der Waals surface area contributed by atoms with Crippen molar-refractivity contribution in [3.05, 3.63) is 182 Å². The molecule has 6 nitrogen and oxygen atoms in total. The Balaban J connectivity index is 1.13. The second-order valence-corrected chi connectivity index (χ2v) is 12.4. The smallest absolute Gasteiger partial charge is 0.164 e. The second-order valence-electron chi connectivity index (χ2n) is 12.4. The Morgan fingerprint density at radius 2 is 0.712 bits per heavy atom. The number of benzene rings is 6. The van der Waals surface area contributed by atoms with Crippen molar-refractivity contribution in [3.63, 3.8) is 0 Å². The van der Waals surface area contributed by atoms with Crippen molar-refractivity contribution in [2.24, 2.45) is 0 Å². The molecular formula is C46H30N6. The summed E-state index contributed by atoms with van der Waals surface area (Å²) in [5.41, 5.74) is 10.3. The third-order valence-electron chi connectivity index (χ3n) is 8.96. The van der Waals surface area contributed by atoms with Crippen molar-refractivity contribution in [2.45, 2.75) is 0 Å². The molecule has 0 bridgehead atoms. The fourth-order valence-corrected chi connectivity index (χ4v) is 6.31. The molecule has 3 heterocycles. The number of aromatic nitrogens is 6. The van der Waals surface area contributed by atoms with E-state index in [0.717, 1.165) is 66.8 Å². The molecule has 0 aliphatic heterocycles. The van der Waals surface area contributed by atoms with Gasteiger partial charge < -0.3 is 0 Å². The highest BCUT2D eigenvalue weighted by Gasteiger charge is 2.15. The third-order valence-corrected chi connectivity index (χ3v) is 8.96. The van der Waals surface area contributed by atoms with Gasteiger partial charge in [0, 0.05) is 45.0 Å². The molecule has 6 heteroatoms. The molecule has 0 saturated heterocycles. The summed E-state index contributed by atoms with van der Waals surface area (Å²) in [6.07, 6.45) is 1.85. The molecule has 0 atom stereocenters. The van der Waals surface area contributed by atoms with Crippen LogP contribution in [0.5, 0.6) is 0 Å². The first-order valence-corrected chi connectivity index (χ1v) is 17.1. The predicted octanol–water partition coefficient (Wildman–Crippen LogP) is 10.9. The number of rotatable bonds is 7. The van der Waals surface area contributed by atoms with E-state index in [1.54, 1.807) is 0 Å². The second kappa shape index (κ2) is 13.6. The lowest BCUT2D eigenvalue weighted by Crippen LogP contribution is -2.00. The van der Waals surface area contributed by atoms with Crippen LogP contribution >= 0.6 is 0 Å². The minimum Gasteiger partial charge on any atom is -0.255 e. The predicted molar refractivity (Wildman–Crippen MR) is 209 cm³/mol. The Morgan fingerprint density at radius 3 is 1.35 bits per heavy atom. The van der Waals surface area contributed by atoms with Crippen LogP contribution in [-0.2, 0) is 0 Å². The summed E-state index contributed by atoms with van der Waals surface area (Å²) >= 11 is 0. The summed E-state index contributed by atoms with van der Waals surface area (Å²) in [5, 5.41) is 1.04. The molecule has 0 saturated carbocycles. The van der Waals surface area contributed by atoms with Gasteiger partial charge >= 0.3 is 0 Å². The zero-order valence-electron chi connectivity index (χ0n) is 28.0. The summed E-state index contributed by atoms with van der Waals surface area (Å²) in [7, 11) is 0. The van der Waals surface area contributed by atoms with Gasteiger partial charge in [0.1, 0.15) is 0 Å². The van der Waals surface area contributed by atoms with Gasteiger partial charge in [-0.3, -0.25) is 4.98 Å². The molecule has 52 heavy (non-hydrogen) atoms. The van der Waals surface area contributed by atoms with Crippen LogP contribution in [0.15, 0.2) is 182 Å². The maximum atomic E-state index is 5.11. The average molecular weight is 667 g/mol. The van der Waals surface area contributed by atoms with Crippen LogP contribution in [0.3, 0.4) is 0 Å². The molecule has 0 spiro atoms. The van der Waals surface area contributed by atoms with Gasteiger partial charge in [0.25, 0.3) is 0 Å². The van der Waals surface area contributed by atoms with E-state index >= 15 is 0 Å². The summed E-state index contributed by atoms with van der Waals surface area (Å²) in [4.78, 5) is 29.6. The van der Waals surface area contributed by atoms with Gasteiger partial charge in [0.05, 0.1) is 16.9 Å². The van der Waals surface area contributed by atoms with E-state index < -0.39 is 0 Å². The van der Waals surface area contributed by atoms with Gasteiger partial charge in [-0.1, -0.05) is 146 Å². The van der Waals surface area contributed by atoms with E-state index in [1.807, 2.05) is 109 Å². The van der Waals surface area contributed by atoms with Gasteiger partial charge in [-0.2, -0.15) is 0 Å². The molecule has 0 unspecified atom stereocenters. The highest BCUT2D eigenvalue weighted by molar-refractivity contribution is 5.83. The molecule has 0 N–H and O–H groups in total. The fraction of sp³-hybridized carbons (Fsp3) is 0. The number of nitrogens with zero attached hydrogens (tertiary/aromatic N) is 6. The zero-order valence-corrected chi connectivity index (χ0v) is 28.0. The van der Waals surface area contributed by atoms with E-state index in [-0.39, 0.29) is 0 Å². The molecule has 9 rings (SSSR count). The van der Waals surface area contributed by atoms with Crippen molar-refractivity contribution < 1.29 is 0 Å². The largest absolute Gasteiger partial charge is 0.255 e. The molecule has 0 amide bonds. The Bertz CT molecular complexity index is 2620. The number of para-hydroxylation sites is 1. The lowest BCUT2D eigenvalue weighted by atomic mass is 9.99. The van der Waals surface area contributed by atoms with Crippen LogP contribution in [0.1, 0.15) is 0 Å². The zero-order chi connectivity index (χ0) is 34.7. The van der Waals surface area contributed by atoms with Gasteiger partial charge in [0.15, 0.2) is 23.3 Å². The Morgan fingerprint density at radius 1 is 0.269 bits per heavy atom. The quantitative estimate of drug-likeness (QED) is 0.168. The third kappa shape index (κ3) is 6.32. The van der Waals surface area contributed by atoms with Crippen molar-refractivity contribution >= 4 is 10.9 Å². The molecular weight excluding hydrogens is 637 g/mol. The SMILES string of the molecule is c1ccc(-c2cc(-c3cccc(-c4cccc(-c5nc(-c6ccccc6)nc(-c6ccccc6)n5)c4)c3)nc(-c3cnc4ccccc4c3)n2)cc1. The molecule has 0 aliphatic carbocycles. The average Bonchev–Trinajstić information content (AvgIpc) is 3.24. The van der Waals surface area contributed by atoms with Crippen LogP contribution < -0.4 is 0 Å². The molecule has 0 radical (unpaired) electrons. The van der Waals surface area contributed by atoms with Crippen LogP contribution in [0, 0.1) is 0 Å². The molecule has 0 fully saturated rings. The first kappa shape index (κ1) is 30.8. The normalized spacial score (nSPS) is 11.1. The number of hydrogen-bond donors (Lipinski definition) is 0. The number of hydrogen-bond acceptors (Lipinski definition) is 6. The maximum Gasteiger partial charge on any atom is 0.164 e. The Kier molecular flexibility index (Phi) is 8.08. The highest BCUT2D eigenvalue weighted by Crippen LogP contribution is 2.33. The molecule has 3 aromatic heterocycles. The van der Waals surface area contributed by atoms with E-state index in [4.69, 9.17) is 29.9 Å². The summed E-state index contributed by atoms with van der Waals surface area (Å²) in [5.74, 6) is 2.50. The Labute approximate surface area is 301 Å². The molecule has 0 aliphatic rings. The number of pyridine rings is 1. The van der Waals surface area contributed by atoms with E-state index in [2.05, 4.69) is 72.8 Å². The van der Waals surface area contributed by atoms with Gasteiger partial charge in [-0.25, -0.2) is 24.9 Å². The highest BCUT2D eigenvalue weighted by atomic mass is 15.0. The Hall–Kier alpha value is -7.18. The van der Waals surface area contributed by atoms with Crippen molar-refractivity contribution in [3.8, 4) is 79.2 Å². The topological polar surface area (TPSA) is 77.3 Å². The standard InChI is InChI=1S/C46H30N6/c1-4-14-31(15-5-1)41-29-42(49-46(48-41)39-28-36-20-10-11-25-40(36)47-30-39)37-23-12-21-34(26-37)35-22-13-24-38(27-35)45-51-43(32-16-6-2-7-17-32)50-44(52-45)33-18-8-3-9-19-33/h1-30H. The van der Waals surface area contributed by atoms with Crippen LogP contribution in [0.2, 0.25) is 0 Å². The first-order valence-electron chi connectivity index (χ1n) is 17.1. The van der Waals surface area contributed by atoms with Crippen LogP contribution in [-0.4, -0.2) is 29.9 Å². The lowest BCUT2D eigenvalue weighted by Gasteiger charge is -2.12. The van der Waals surface area contributed by atoms with Crippen LogP contribution in [0.25, 0.3) is 90.1 Å². The minimum atomic E-state index is 0.614. The van der Waals surface area contributed by atoms with Crippen molar-refractivity contribution in [1.82, 2.24) is 29.9 Å². The summed E-state index contributed by atoms with van der Waals surface area (Å²) in [6, 6.07) is 59.3. The first-order chi connectivity index (χ1) is 25.7. The van der Waals surface area contributed by atoms with Gasteiger partial charge in [-0.05, 0) is 41.5 Å². The summed E-state index contributed by atoms with van der Waals surface area (Å²) in [6.45, 7) is 0. The minimum absolute atomic E-state index is 0.614. The van der Waals surface area contributed by atoms with Crippen molar-refractivity contribution in [2.75, 3.05) is 0 Å². The van der Waals surface area contributed by atoms with Crippen LogP contribution in [0.4, 0.5) is 0 Å². The maximum absolute atomic E-state index is 5.11. The van der Waals surface area contributed by atoms with Crippen molar-refractivity contribution in [1.29, 1.82) is 0 Å². The number of fused-ring (bicyclic) bond motifs is 1. The van der Waals surface area contributed by atoms with Gasteiger partial charge in [0.2, 0.25) is 0 Å². The lowest BCUT2D eigenvalue weighted by molar-refractivity contribution is 1.07. The van der Waals surface area contributed by atoms with E-state index in [0.29, 0.717) is 23.3 Å². The fourth-order valence-electron chi connectivity index (χ4n) is 6.31. The van der Waals surface area contributed by atoms with Gasteiger partial charge in [-0.15, -0.1) is 0 Å².